The van der Waals surface area contributed by atoms with Crippen LogP contribution in [-0.4, -0.2) is 0 Å². The first-order valence-electron chi connectivity index (χ1n) is 3.73. The predicted molar refractivity (Wildman–Crippen MR) is 46.0 cm³/mol. The quantitative estimate of drug-likeness (QED) is 0.448. The lowest BCUT2D eigenvalue weighted by molar-refractivity contribution is 0.893. The molecule has 0 radical (unpaired) electrons. The van der Waals surface area contributed by atoms with Crippen molar-refractivity contribution in [1.82, 2.24) is 0 Å². The molecule has 1 rings (SSSR count). The van der Waals surface area contributed by atoms with E-state index in [1.807, 2.05) is 12.2 Å². The zero-order valence-electron chi connectivity index (χ0n) is 6.42. The molecule has 1 aliphatic rings. The van der Waals surface area contributed by atoms with Crippen LogP contribution < -0.4 is 0 Å². The lowest BCUT2D eigenvalue weighted by Crippen LogP contribution is -1.73. The van der Waals surface area contributed by atoms with Gasteiger partial charge in [0.25, 0.3) is 0 Å². The van der Waals surface area contributed by atoms with Crippen molar-refractivity contribution in [3.05, 3.63) is 41.0 Å². The van der Waals surface area contributed by atoms with E-state index in [2.05, 4.69) is 11.8 Å². The molecule has 11 heavy (non-hydrogen) atoms. The van der Waals surface area contributed by atoms with Crippen molar-refractivity contribution < 1.29 is 0 Å². The summed E-state index contributed by atoms with van der Waals surface area (Å²) in [4.78, 5) is 10.2. The van der Waals surface area contributed by atoms with Crippen molar-refractivity contribution in [2.24, 2.45) is 5.18 Å². The van der Waals surface area contributed by atoms with Crippen LogP contribution in [0, 0.1) is 4.91 Å². The standard InChI is InChI=1S/C9H11NO/c1-2-3-5-8-6-4-7-9(8)10-11/h2-3,5H,1,4,6-7H2/b5-3-. The minimum atomic E-state index is 0.711. The number of allylic oxidation sites excluding steroid dienone is 5. The first kappa shape index (κ1) is 7.92. The highest BCUT2D eigenvalue weighted by atomic mass is 16.3. The fourth-order valence-electron chi connectivity index (χ4n) is 1.22. The molecule has 0 aromatic carbocycles. The molecule has 0 saturated heterocycles. The molecule has 58 valence electrons. The van der Waals surface area contributed by atoms with Crippen molar-refractivity contribution in [2.45, 2.75) is 19.3 Å². The fraction of sp³-hybridized carbons (Fsp3) is 0.333. The van der Waals surface area contributed by atoms with E-state index in [1.165, 1.54) is 0 Å². The van der Waals surface area contributed by atoms with E-state index in [-0.39, 0.29) is 0 Å². The summed E-state index contributed by atoms with van der Waals surface area (Å²) in [6, 6.07) is 0. The molecule has 2 nitrogen and oxygen atoms in total. The topological polar surface area (TPSA) is 29.4 Å². The van der Waals surface area contributed by atoms with Gasteiger partial charge in [-0.2, -0.15) is 0 Å². The van der Waals surface area contributed by atoms with Crippen LogP contribution >= 0.6 is 0 Å². The normalized spacial score (nSPS) is 17.8. The van der Waals surface area contributed by atoms with Crippen molar-refractivity contribution >= 4 is 0 Å². The number of nitrogens with zero attached hydrogens (tertiary/aromatic N) is 1. The Bertz CT molecular complexity index is 226. The molecule has 0 heterocycles. The van der Waals surface area contributed by atoms with Gasteiger partial charge in [0.05, 0.1) is 5.70 Å². The monoisotopic (exact) mass is 149 g/mol. The maximum absolute atomic E-state index is 10.2. The Kier molecular flexibility index (Phi) is 2.78. The third-order valence-corrected chi connectivity index (χ3v) is 1.77. The second kappa shape index (κ2) is 3.86. The van der Waals surface area contributed by atoms with E-state index < -0.39 is 0 Å². The van der Waals surface area contributed by atoms with Gasteiger partial charge >= 0.3 is 0 Å². The van der Waals surface area contributed by atoms with Crippen LogP contribution in [0.4, 0.5) is 0 Å². The maximum Gasteiger partial charge on any atom is 0.0880 e. The molecular weight excluding hydrogens is 138 g/mol. The van der Waals surface area contributed by atoms with Gasteiger partial charge < -0.3 is 0 Å². The molecule has 2 heteroatoms. The van der Waals surface area contributed by atoms with Crippen LogP contribution in [-0.2, 0) is 0 Å². The smallest absolute Gasteiger partial charge is 0.0880 e. The van der Waals surface area contributed by atoms with Gasteiger partial charge in [-0.3, -0.25) is 0 Å². The Balaban J connectivity index is 2.74. The second-order valence-electron chi connectivity index (χ2n) is 2.51. The summed E-state index contributed by atoms with van der Waals surface area (Å²) < 4.78 is 0. The summed E-state index contributed by atoms with van der Waals surface area (Å²) in [5.74, 6) is 0. The average Bonchev–Trinajstić information content (AvgIpc) is 2.47. The molecule has 0 aromatic rings. The first-order valence-corrected chi connectivity index (χ1v) is 3.73. The van der Waals surface area contributed by atoms with Crippen LogP contribution in [0.5, 0.6) is 0 Å². The van der Waals surface area contributed by atoms with E-state index in [0.29, 0.717) is 5.70 Å². The Morgan fingerprint density at radius 3 is 2.91 bits per heavy atom. The summed E-state index contributed by atoms with van der Waals surface area (Å²) in [5, 5.41) is 2.97. The Morgan fingerprint density at radius 1 is 1.45 bits per heavy atom. The zero-order valence-corrected chi connectivity index (χ0v) is 6.42. The number of hydrogen-bond donors (Lipinski definition) is 0. The summed E-state index contributed by atoms with van der Waals surface area (Å²) in [6.07, 6.45) is 8.32. The van der Waals surface area contributed by atoms with Gasteiger partial charge in [0.1, 0.15) is 0 Å². The summed E-state index contributed by atoms with van der Waals surface area (Å²) in [5.41, 5.74) is 1.78. The Labute approximate surface area is 66.3 Å². The molecule has 1 aliphatic carbocycles. The van der Waals surface area contributed by atoms with Crippen LogP contribution in [0.25, 0.3) is 0 Å². The predicted octanol–water partition coefficient (Wildman–Crippen LogP) is 2.93. The highest BCUT2D eigenvalue weighted by Crippen LogP contribution is 2.27. The highest BCUT2D eigenvalue weighted by molar-refractivity contribution is 5.30. The van der Waals surface area contributed by atoms with Crippen LogP contribution in [0.15, 0.2) is 41.3 Å². The highest BCUT2D eigenvalue weighted by Gasteiger charge is 2.11. The van der Waals surface area contributed by atoms with Crippen LogP contribution in [0.1, 0.15) is 19.3 Å². The number of nitroso groups, excluding NO2 is 1. The molecule has 0 N–H and O–H groups in total. The Morgan fingerprint density at radius 2 is 2.27 bits per heavy atom. The third kappa shape index (κ3) is 1.87. The summed E-state index contributed by atoms with van der Waals surface area (Å²) in [7, 11) is 0. The van der Waals surface area contributed by atoms with Gasteiger partial charge in [-0.25, -0.2) is 0 Å². The van der Waals surface area contributed by atoms with Gasteiger partial charge in [0, 0.05) is 0 Å². The molecule has 0 saturated carbocycles. The SMILES string of the molecule is C=C/C=C\C1=C(N=O)CCC1. The molecule has 0 bridgehead atoms. The van der Waals surface area contributed by atoms with Crippen molar-refractivity contribution in [3.63, 3.8) is 0 Å². The van der Waals surface area contributed by atoms with E-state index in [1.54, 1.807) is 6.08 Å². The third-order valence-electron chi connectivity index (χ3n) is 1.77. The second-order valence-corrected chi connectivity index (χ2v) is 2.51. The molecular formula is C9H11NO. The molecule has 0 unspecified atom stereocenters. The molecule has 0 aromatic heterocycles. The average molecular weight is 149 g/mol. The maximum atomic E-state index is 10.2. The number of rotatable bonds is 3. The molecule has 0 fully saturated rings. The van der Waals surface area contributed by atoms with E-state index in [4.69, 9.17) is 0 Å². The summed E-state index contributed by atoms with van der Waals surface area (Å²) in [6.45, 7) is 3.55. The van der Waals surface area contributed by atoms with E-state index in [0.717, 1.165) is 24.8 Å². The van der Waals surface area contributed by atoms with E-state index >= 15 is 0 Å². The Hall–Kier alpha value is -1.18. The van der Waals surface area contributed by atoms with Gasteiger partial charge in [-0.15, -0.1) is 4.91 Å². The molecule has 0 atom stereocenters. The minimum Gasteiger partial charge on any atom is -0.145 e. The van der Waals surface area contributed by atoms with E-state index in [9.17, 15) is 4.91 Å². The lowest BCUT2D eigenvalue weighted by Gasteiger charge is -1.89. The molecule has 0 amide bonds. The van der Waals surface area contributed by atoms with Gasteiger partial charge in [0.2, 0.25) is 0 Å². The van der Waals surface area contributed by atoms with Crippen molar-refractivity contribution in [2.75, 3.05) is 0 Å². The largest absolute Gasteiger partial charge is 0.145 e. The van der Waals surface area contributed by atoms with Crippen molar-refractivity contribution in [3.8, 4) is 0 Å². The van der Waals surface area contributed by atoms with Gasteiger partial charge in [-0.05, 0) is 30.0 Å². The van der Waals surface area contributed by atoms with Crippen LogP contribution in [0.3, 0.4) is 0 Å². The molecule has 0 aliphatic heterocycles. The lowest BCUT2D eigenvalue weighted by atomic mass is 10.2. The van der Waals surface area contributed by atoms with Crippen LogP contribution in [0.2, 0.25) is 0 Å². The minimum absolute atomic E-state index is 0.711. The van der Waals surface area contributed by atoms with Gasteiger partial charge in [-0.1, -0.05) is 24.8 Å². The first-order chi connectivity index (χ1) is 5.38. The van der Waals surface area contributed by atoms with Gasteiger partial charge in [0.15, 0.2) is 0 Å². The van der Waals surface area contributed by atoms with Crippen molar-refractivity contribution in [1.29, 1.82) is 0 Å². The number of hydrogen-bond acceptors (Lipinski definition) is 2. The fourth-order valence-corrected chi connectivity index (χ4v) is 1.22. The summed E-state index contributed by atoms with van der Waals surface area (Å²) >= 11 is 0. The zero-order chi connectivity index (χ0) is 8.10. The molecule has 0 spiro atoms.